The van der Waals surface area contributed by atoms with Gasteiger partial charge in [0.15, 0.2) is 0 Å². The van der Waals surface area contributed by atoms with E-state index in [1.54, 1.807) is 11.8 Å². The Kier molecular flexibility index (Phi) is 5.44. The predicted octanol–water partition coefficient (Wildman–Crippen LogP) is 4.89. The Morgan fingerprint density at radius 3 is 2.64 bits per heavy atom. The number of aliphatic imine (C=N–C) groups is 1. The molecule has 1 aromatic heterocycles. The number of amidine groups is 1. The minimum atomic E-state index is -0.0736. The van der Waals surface area contributed by atoms with Gasteiger partial charge in [-0.1, -0.05) is 69.2 Å². The Morgan fingerprint density at radius 2 is 2.04 bits per heavy atom. The van der Waals surface area contributed by atoms with Gasteiger partial charge in [0, 0.05) is 23.4 Å². The lowest BCUT2D eigenvalue weighted by atomic mass is 9.74. The van der Waals surface area contributed by atoms with E-state index in [0.29, 0.717) is 18.5 Å². The maximum Gasteiger partial charge on any atom is 0.301 e. The molecule has 2 heterocycles. The molecular weight excluding hydrogens is 354 g/mol. The topological polar surface area (TPSA) is 50.9 Å². The van der Waals surface area contributed by atoms with Crippen LogP contribution in [0.25, 0.3) is 0 Å². The van der Waals surface area contributed by atoms with Crippen molar-refractivity contribution >= 4 is 40.2 Å². The van der Waals surface area contributed by atoms with Gasteiger partial charge in [-0.25, -0.2) is 0 Å². The summed E-state index contributed by atoms with van der Waals surface area (Å²) in [6.07, 6.45) is 8.26. The maximum atomic E-state index is 6.09. The molecule has 0 atom stereocenters. The molecule has 0 amide bonds. The van der Waals surface area contributed by atoms with E-state index in [4.69, 9.17) is 21.5 Å². The van der Waals surface area contributed by atoms with Crippen molar-refractivity contribution in [2.45, 2.75) is 58.3 Å². The first kappa shape index (κ1) is 18.7. The van der Waals surface area contributed by atoms with Crippen LogP contribution in [0.5, 0.6) is 0 Å². The molecule has 5 nitrogen and oxygen atoms in total. The summed E-state index contributed by atoms with van der Waals surface area (Å²) in [7, 11) is 0. The molecular formula is C18H27N3O2S2. The van der Waals surface area contributed by atoms with Crippen molar-refractivity contribution < 1.29 is 9.26 Å². The van der Waals surface area contributed by atoms with E-state index < -0.39 is 0 Å². The summed E-state index contributed by atoms with van der Waals surface area (Å²) >= 11 is 7.12. The van der Waals surface area contributed by atoms with Gasteiger partial charge in [0.05, 0.1) is 12.3 Å². The number of ether oxygens (including phenoxy) is 1. The lowest BCUT2D eigenvalue weighted by molar-refractivity contribution is 0.0345. The molecule has 25 heavy (non-hydrogen) atoms. The van der Waals surface area contributed by atoms with Gasteiger partial charge in [0.1, 0.15) is 4.32 Å². The molecule has 1 aromatic rings. The predicted molar refractivity (Wildman–Crippen MR) is 107 cm³/mol. The van der Waals surface area contributed by atoms with Gasteiger partial charge in [-0.15, -0.1) is 0 Å². The van der Waals surface area contributed by atoms with Gasteiger partial charge in [0.2, 0.25) is 0 Å². The van der Waals surface area contributed by atoms with Crippen LogP contribution < -0.4 is 0 Å². The largest absolute Gasteiger partial charge is 0.464 e. The second-order valence-corrected chi connectivity index (χ2v) is 9.54. The molecule has 2 aliphatic rings. The first-order chi connectivity index (χ1) is 11.8. The molecule has 0 radical (unpaired) electrons. The Hall–Kier alpha value is -1.08. The summed E-state index contributed by atoms with van der Waals surface area (Å²) in [5.74, 6) is 0.466. The highest BCUT2D eigenvalue weighted by Crippen LogP contribution is 2.40. The van der Waals surface area contributed by atoms with Gasteiger partial charge in [0.25, 0.3) is 5.88 Å². The molecule has 1 spiro atoms. The summed E-state index contributed by atoms with van der Waals surface area (Å²) in [6.45, 7) is 7.88. The summed E-state index contributed by atoms with van der Waals surface area (Å²) in [4.78, 5) is 6.61. The van der Waals surface area contributed by atoms with Crippen LogP contribution in [0.4, 0.5) is 5.88 Å². The van der Waals surface area contributed by atoms with Crippen LogP contribution in [0.2, 0.25) is 0 Å². The summed E-state index contributed by atoms with van der Waals surface area (Å²) in [5.41, 5.74) is 1.01. The second kappa shape index (κ2) is 7.27. The van der Waals surface area contributed by atoms with Gasteiger partial charge < -0.3 is 9.26 Å². The fourth-order valence-electron chi connectivity index (χ4n) is 3.46. The smallest absolute Gasteiger partial charge is 0.301 e. The highest BCUT2D eigenvalue weighted by atomic mass is 32.2. The van der Waals surface area contributed by atoms with Crippen molar-refractivity contribution in [3.63, 3.8) is 0 Å². The lowest BCUT2D eigenvalue weighted by Crippen LogP contribution is -2.52. The van der Waals surface area contributed by atoms with Gasteiger partial charge in [-0.3, -0.25) is 4.90 Å². The third kappa shape index (κ3) is 4.19. The number of thioether (sulfide) groups is 1. The fraction of sp³-hybridized carbons (Fsp3) is 0.722. The minimum absolute atomic E-state index is 0.0736. The molecule has 0 unspecified atom stereocenters. The normalized spacial score (nSPS) is 22.2. The molecule has 3 rings (SSSR count). The number of nitrogens with zero attached hydrogens (tertiary/aromatic N) is 3. The molecule has 0 aromatic carbocycles. The van der Waals surface area contributed by atoms with E-state index >= 15 is 0 Å². The highest BCUT2D eigenvalue weighted by Gasteiger charge is 2.41. The monoisotopic (exact) mass is 381 g/mol. The van der Waals surface area contributed by atoms with E-state index in [1.165, 1.54) is 32.1 Å². The molecule has 1 aliphatic heterocycles. The fourth-order valence-corrected chi connectivity index (χ4v) is 3.97. The van der Waals surface area contributed by atoms with Crippen molar-refractivity contribution in [3.05, 3.63) is 11.8 Å². The van der Waals surface area contributed by atoms with Crippen molar-refractivity contribution in [1.82, 2.24) is 10.1 Å². The minimum Gasteiger partial charge on any atom is -0.464 e. The van der Waals surface area contributed by atoms with E-state index in [9.17, 15) is 0 Å². The number of hydrogen-bond donors (Lipinski definition) is 0. The molecule has 0 N–H and O–H groups in total. The van der Waals surface area contributed by atoms with Crippen molar-refractivity contribution in [2.24, 2.45) is 10.4 Å². The van der Waals surface area contributed by atoms with E-state index in [2.05, 4.69) is 30.9 Å². The highest BCUT2D eigenvalue weighted by molar-refractivity contribution is 8.22. The number of thiocarbonyl (C=S) groups is 1. The first-order valence-corrected chi connectivity index (χ1v) is 10.5. The quantitative estimate of drug-likeness (QED) is 0.646. The molecule has 1 saturated carbocycles. The molecule has 2 fully saturated rings. The van der Waals surface area contributed by atoms with Crippen LogP contribution in [0.15, 0.2) is 15.6 Å². The standard InChI is InChI=1S/C18H27N3O2S2/c1-17(2,3)13-10-14(23-20-13)19-15-21(16(24)25-4)11-18(12-22-15)8-6-5-7-9-18/h10H,5-9,11-12H2,1-4H3. The van der Waals surface area contributed by atoms with Crippen LogP contribution in [0.1, 0.15) is 58.6 Å². The average Bonchev–Trinajstić information content (AvgIpc) is 3.06. The Labute approximate surface area is 159 Å². The molecule has 7 heteroatoms. The summed E-state index contributed by atoms with van der Waals surface area (Å²) < 4.78 is 12.3. The third-order valence-corrected chi connectivity index (χ3v) is 6.30. The van der Waals surface area contributed by atoms with Gasteiger partial charge >= 0.3 is 6.02 Å². The molecule has 1 aliphatic carbocycles. The first-order valence-electron chi connectivity index (χ1n) is 8.87. The molecule has 1 saturated heterocycles. The second-order valence-electron chi connectivity index (χ2n) is 8.10. The van der Waals surface area contributed by atoms with Crippen LogP contribution in [-0.2, 0) is 10.2 Å². The lowest BCUT2D eigenvalue weighted by Gasteiger charge is -2.45. The molecule has 138 valence electrons. The zero-order valence-electron chi connectivity index (χ0n) is 15.5. The van der Waals surface area contributed by atoms with Crippen LogP contribution in [0, 0.1) is 5.41 Å². The number of aromatic nitrogens is 1. The van der Waals surface area contributed by atoms with Crippen molar-refractivity contribution in [3.8, 4) is 0 Å². The zero-order valence-corrected chi connectivity index (χ0v) is 17.1. The van der Waals surface area contributed by atoms with Crippen molar-refractivity contribution in [2.75, 3.05) is 19.4 Å². The van der Waals surface area contributed by atoms with Crippen LogP contribution >= 0.6 is 24.0 Å². The number of rotatable bonds is 1. The van der Waals surface area contributed by atoms with Crippen molar-refractivity contribution in [1.29, 1.82) is 0 Å². The van der Waals surface area contributed by atoms with Crippen LogP contribution in [0.3, 0.4) is 0 Å². The molecule has 0 bridgehead atoms. The van der Waals surface area contributed by atoms with Crippen LogP contribution in [-0.4, -0.2) is 39.8 Å². The van der Waals surface area contributed by atoms with E-state index in [0.717, 1.165) is 16.6 Å². The Bertz CT molecular complexity index is 658. The Morgan fingerprint density at radius 1 is 1.32 bits per heavy atom. The van der Waals surface area contributed by atoms with E-state index in [-0.39, 0.29) is 10.8 Å². The SMILES string of the molecule is CSC(=S)N1CC2(CCCCC2)COC1=Nc1cc(C(C)(C)C)no1. The third-order valence-electron chi connectivity index (χ3n) is 5.01. The maximum absolute atomic E-state index is 6.09. The zero-order chi connectivity index (χ0) is 18.1. The Balaban J connectivity index is 1.84. The summed E-state index contributed by atoms with van der Waals surface area (Å²) in [5, 5.41) is 4.13. The summed E-state index contributed by atoms with van der Waals surface area (Å²) in [6, 6.07) is 2.41. The van der Waals surface area contributed by atoms with Gasteiger partial charge in [-0.05, 0) is 19.1 Å². The van der Waals surface area contributed by atoms with Gasteiger partial charge in [-0.2, -0.15) is 4.99 Å². The average molecular weight is 382 g/mol. The van der Waals surface area contributed by atoms with E-state index in [1.807, 2.05) is 17.2 Å². The number of hydrogen-bond acceptors (Lipinski definition) is 6.